The van der Waals surface area contributed by atoms with Crippen LogP contribution < -0.4 is 0 Å². The number of rotatable bonds is 3. The van der Waals surface area contributed by atoms with Gasteiger partial charge in [0, 0.05) is 13.7 Å². The minimum absolute atomic E-state index is 0.162. The molecule has 1 fully saturated rings. The molecule has 1 N–H and O–H groups in total. The number of aryl methyl sites for hydroxylation is 1. The van der Waals surface area contributed by atoms with Crippen LogP contribution in [0.25, 0.3) is 0 Å². The monoisotopic (exact) mass is 167 g/mol. The number of aromatic nitrogens is 3. The van der Waals surface area contributed by atoms with Gasteiger partial charge in [-0.3, -0.25) is 4.68 Å². The Bertz CT molecular complexity index is 278. The molecule has 1 saturated carbocycles. The normalized spacial score (nSPS) is 19.5. The Balaban J connectivity index is 2.08. The second kappa shape index (κ2) is 2.55. The SMILES string of the molecule is Cn1nncc1CC1(CO)CC1. The molecule has 1 aromatic heterocycles. The summed E-state index contributed by atoms with van der Waals surface area (Å²) in [5, 5.41) is 16.7. The third-order valence-corrected chi connectivity index (χ3v) is 2.66. The molecule has 0 unspecified atom stereocenters. The maximum absolute atomic E-state index is 9.10. The molecule has 4 heteroatoms. The van der Waals surface area contributed by atoms with Gasteiger partial charge in [0.25, 0.3) is 0 Å². The molecule has 0 spiro atoms. The number of aliphatic hydroxyl groups excluding tert-OH is 1. The molecular formula is C8H13N3O. The van der Waals surface area contributed by atoms with Crippen LogP contribution in [0.1, 0.15) is 18.5 Å². The van der Waals surface area contributed by atoms with E-state index in [4.69, 9.17) is 5.11 Å². The number of nitrogens with zero attached hydrogens (tertiary/aromatic N) is 3. The molecule has 0 aromatic carbocycles. The van der Waals surface area contributed by atoms with Crippen LogP contribution in [0, 0.1) is 5.41 Å². The average Bonchev–Trinajstić information content (AvgIpc) is 2.74. The van der Waals surface area contributed by atoms with E-state index in [2.05, 4.69) is 10.3 Å². The molecule has 0 amide bonds. The van der Waals surface area contributed by atoms with Crippen LogP contribution in [0.4, 0.5) is 0 Å². The van der Waals surface area contributed by atoms with E-state index < -0.39 is 0 Å². The summed E-state index contributed by atoms with van der Waals surface area (Å²) in [7, 11) is 1.88. The predicted molar refractivity (Wildman–Crippen MR) is 43.5 cm³/mol. The largest absolute Gasteiger partial charge is 0.396 e. The van der Waals surface area contributed by atoms with Crippen molar-refractivity contribution in [3.05, 3.63) is 11.9 Å². The van der Waals surface area contributed by atoms with Gasteiger partial charge in [-0.25, -0.2) is 0 Å². The Labute approximate surface area is 71.2 Å². The second-order valence-electron chi connectivity index (χ2n) is 3.68. The van der Waals surface area contributed by atoms with E-state index in [0.29, 0.717) is 0 Å². The van der Waals surface area contributed by atoms with E-state index in [-0.39, 0.29) is 12.0 Å². The topological polar surface area (TPSA) is 50.9 Å². The Morgan fingerprint density at radius 3 is 2.83 bits per heavy atom. The molecular weight excluding hydrogens is 154 g/mol. The zero-order chi connectivity index (χ0) is 8.60. The fraction of sp³-hybridized carbons (Fsp3) is 0.750. The molecule has 0 saturated heterocycles. The van der Waals surface area contributed by atoms with Crippen molar-refractivity contribution in [2.24, 2.45) is 12.5 Å². The van der Waals surface area contributed by atoms with E-state index in [1.54, 1.807) is 10.9 Å². The summed E-state index contributed by atoms with van der Waals surface area (Å²) in [5.41, 5.74) is 1.27. The molecule has 0 aliphatic heterocycles. The first-order valence-corrected chi connectivity index (χ1v) is 4.20. The van der Waals surface area contributed by atoms with Gasteiger partial charge in [0.2, 0.25) is 0 Å². The van der Waals surface area contributed by atoms with Crippen molar-refractivity contribution in [2.45, 2.75) is 19.3 Å². The maximum atomic E-state index is 9.10. The van der Waals surface area contributed by atoms with Crippen LogP contribution in [0.5, 0.6) is 0 Å². The first-order valence-electron chi connectivity index (χ1n) is 4.20. The predicted octanol–water partition coefficient (Wildman–Crippen LogP) is 0.130. The van der Waals surface area contributed by atoms with Crippen molar-refractivity contribution in [3.8, 4) is 0 Å². The number of aliphatic hydroxyl groups is 1. The quantitative estimate of drug-likeness (QED) is 0.696. The lowest BCUT2D eigenvalue weighted by Crippen LogP contribution is -2.12. The highest BCUT2D eigenvalue weighted by Crippen LogP contribution is 2.47. The smallest absolute Gasteiger partial charge is 0.0725 e. The van der Waals surface area contributed by atoms with Crippen molar-refractivity contribution in [3.63, 3.8) is 0 Å². The first kappa shape index (κ1) is 7.73. The van der Waals surface area contributed by atoms with E-state index in [0.717, 1.165) is 25.0 Å². The van der Waals surface area contributed by atoms with Crippen LogP contribution >= 0.6 is 0 Å². The van der Waals surface area contributed by atoms with Crippen LogP contribution in [0.15, 0.2) is 6.20 Å². The summed E-state index contributed by atoms with van der Waals surface area (Å²) < 4.78 is 1.77. The standard InChI is InChI=1S/C8H13N3O/c1-11-7(5-9-10-11)4-8(6-12)2-3-8/h5,12H,2-4,6H2,1H3. The van der Waals surface area contributed by atoms with Crippen LogP contribution in [0.3, 0.4) is 0 Å². The van der Waals surface area contributed by atoms with Crippen LogP contribution in [0.2, 0.25) is 0 Å². The highest BCUT2D eigenvalue weighted by atomic mass is 16.3. The van der Waals surface area contributed by atoms with Gasteiger partial charge in [0.1, 0.15) is 0 Å². The minimum Gasteiger partial charge on any atom is -0.396 e. The first-order chi connectivity index (χ1) is 5.76. The van der Waals surface area contributed by atoms with Crippen molar-refractivity contribution in [1.82, 2.24) is 15.0 Å². The van der Waals surface area contributed by atoms with Gasteiger partial charge in [-0.1, -0.05) is 5.21 Å². The lowest BCUT2D eigenvalue weighted by atomic mass is 10.0. The number of hydrogen-bond donors (Lipinski definition) is 1. The summed E-state index contributed by atoms with van der Waals surface area (Å²) in [6, 6.07) is 0. The summed E-state index contributed by atoms with van der Waals surface area (Å²) in [6.07, 6.45) is 4.95. The Hall–Kier alpha value is -0.900. The summed E-state index contributed by atoms with van der Waals surface area (Å²) in [6.45, 7) is 0.290. The molecule has 1 aliphatic rings. The lowest BCUT2D eigenvalue weighted by molar-refractivity contribution is 0.209. The molecule has 0 bridgehead atoms. The third kappa shape index (κ3) is 1.22. The molecule has 4 nitrogen and oxygen atoms in total. The zero-order valence-electron chi connectivity index (χ0n) is 7.19. The van der Waals surface area contributed by atoms with Crippen molar-refractivity contribution >= 4 is 0 Å². The second-order valence-corrected chi connectivity index (χ2v) is 3.68. The maximum Gasteiger partial charge on any atom is 0.0725 e. The third-order valence-electron chi connectivity index (χ3n) is 2.66. The van der Waals surface area contributed by atoms with Gasteiger partial charge in [-0.15, -0.1) is 5.10 Å². The fourth-order valence-corrected chi connectivity index (χ4v) is 1.42. The van der Waals surface area contributed by atoms with Gasteiger partial charge in [0.15, 0.2) is 0 Å². The molecule has 66 valence electrons. The van der Waals surface area contributed by atoms with Gasteiger partial charge in [-0.2, -0.15) is 0 Å². The minimum atomic E-state index is 0.162. The van der Waals surface area contributed by atoms with Crippen molar-refractivity contribution < 1.29 is 5.11 Å². The lowest BCUT2D eigenvalue weighted by Gasteiger charge is -2.09. The summed E-state index contributed by atoms with van der Waals surface area (Å²) in [5.74, 6) is 0. The van der Waals surface area contributed by atoms with E-state index in [9.17, 15) is 0 Å². The van der Waals surface area contributed by atoms with Gasteiger partial charge in [0.05, 0.1) is 11.9 Å². The molecule has 0 radical (unpaired) electrons. The summed E-state index contributed by atoms with van der Waals surface area (Å²) >= 11 is 0. The average molecular weight is 167 g/mol. The van der Waals surface area contributed by atoms with Gasteiger partial charge >= 0.3 is 0 Å². The Kier molecular flexibility index (Phi) is 1.65. The molecule has 1 heterocycles. The molecule has 1 aliphatic carbocycles. The molecule has 2 rings (SSSR count). The van der Waals surface area contributed by atoms with E-state index >= 15 is 0 Å². The molecule has 12 heavy (non-hydrogen) atoms. The van der Waals surface area contributed by atoms with Gasteiger partial charge in [-0.05, 0) is 24.7 Å². The van der Waals surface area contributed by atoms with Crippen LogP contribution in [-0.4, -0.2) is 26.7 Å². The highest BCUT2D eigenvalue weighted by molar-refractivity contribution is 5.05. The van der Waals surface area contributed by atoms with Crippen molar-refractivity contribution in [2.75, 3.05) is 6.61 Å². The summed E-state index contributed by atoms with van der Waals surface area (Å²) in [4.78, 5) is 0. The van der Waals surface area contributed by atoms with Crippen molar-refractivity contribution in [1.29, 1.82) is 0 Å². The highest BCUT2D eigenvalue weighted by Gasteiger charge is 2.42. The van der Waals surface area contributed by atoms with Crippen LogP contribution in [-0.2, 0) is 13.5 Å². The molecule has 1 aromatic rings. The van der Waals surface area contributed by atoms with E-state index in [1.165, 1.54) is 0 Å². The number of hydrogen-bond acceptors (Lipinski definition) is 3. The molecule has 0 atom stereocenters. The Morgan fingerprint density at radius 1 is 1.67 bits per heavy atom. The Morgan fingerprint density at radius 2 is 2.42 bits per heavy atom. The fourth-order valence-electron chi connectivity index (χ4n) is 1.42. The van der Waals surface area contributed by atoms with E-state index in [1.807, 2.05) is 7.05 Å². The van der Waals surface area contributed by atoms with Gasteiger partial charge < -0.3 is 5.11 Å². The zero-order valence-corrected chi connectivity index (χ0v) is 7.19.